The summed E-state index contributed by atoms with van der Waals surface area (Å²) >= 11 is 0. The summed E-state index contributed by atoms with van der Waals surface area (Å²) in [5.74, 6) is -1.19. The molecule has 2 unspecified atom stereocenters. The van der Waals surface area contributed by atoms with Gasteiger partial charge in [0.1, 0.15) is 22.9 Å². The van der Waals surface area contributed by atoms with E-state index in [4.69, 9.17) is 4.74 Å². The van der Waals surface area contributed by atoms with Crippen LogP contribution in [0, 0.1) is 29.4 Å². The maximum atomic E-state index is 14.9. The minimum absolute atomic E-state index is 0.0150. The van der Waals surface area contributed by atoms with Gasteiger partial charge in [0.15, 0.2) is 0 Å². The Balaban J connectivity index is 1.07. The summed E-state index contributed by atoms with van der Waals surface area (Å²) in [6.45, 7) is 3.60. The molecule has 2 aliphatic rings. The highest BCUT2D eigenvalue weighted by Crippen LogP contribution is 2.39. The molecule has 3 aromatic rings. The molecule has 2 N–H and O–H groups in total. The number of ether oxygens (including phenoxy) is 2. The number of carbonyl (C=O) groups excluding carboxylic acids is 2. The summed E-state index contributed by atoms with van der Waals surface area (Å²) in [6.07, 6.45) is 2.78. The molecule has 1 saturated heterocycles. The van der Waals surface area contributed by atoms with Crippen molar-refractivity contribution in [3.8, 4) is 16.9 Å². The van der Waals surface area contributed by atoms with Crippen molar-refractivity contribution < 1.29 is 33.0 Å². The zero-order valence-corrected chi connectivity index (χ0v) is 23.7. The lowest BCUT2D eigenvalue weighted by molar-refractivity contribution is -0.122. The number of piperidine rings is 1. The third-order valence-electron chi connectivity index (χ3n) is 8.24. The minimum Gasteiger partial charge on any atom is -0.493 e. The van der Waals surface area contributed by atoms with E-state index in [0.29, 0.717) is 24.5 Å². The molecule has 1 aliphatic carbocycles. The lowest BCUT2D eigenvalue weighted by Gasteiger charge is -2.31. The number of likely N-dealkylation sites (tertiary alicyclic amines) is 1. The van der Waals surface area contributed by atoms with Crippen LogP contribution in [-0.2, 0) is 22.6 Å². The zero-order valence-electron chi connectivity index (χ0n) is 23.7. The Labute approximate surface area is 244 Å². The first kappa shape index (κ1) is 29.7. The van der Waals surface area contributed by atoms with E-state index in [1.807, 2.05) is 12.1 Å². The molecule has 3 aromatic carbocycles. The van der Waals surface area contributed by atoms with Crippen LogP contribution in [0.4, 0.5) is 8.78 Å². The van der Waals surface area contributed by atoms with Crippen molar-refractivity contribution in [2.24, 2.45) is 17.8 Å². The Morgan fingerprint density at radius 1 is 1.02 bits per heavy atom. The highest BCUT2D eigenvalue weighted by molar-refractivity contribution is 5.97. The average Bonchev–Trinajstić information content (AvgIpc) is 3.80. The number of halogens is 2. The Morgan fingerprint density at radius 2 is 1.79 bits per heavy atom. The fourth-order valence-electron chi connectivity index (χ4n) is 5.48. The third-order valence-corrected chi connectivity index (χ3v) is 8.24. The maximum absolute atomic E-state index is 14.9. The van der Waals surface area contributed by atoms with Crippen LogP contribution in [0.15, 0.2) is 60.7 Å². The summed E-state index contributed by atoms with van der Waals surface area (Å²) in [6, 6.07) is 16.5. The van der Waals surface area contributed by atoms with E-state index in [1.165, 1.54) is 29.8 Å². The Morgan fingerprint density at radius 3 is 2.48 bits per heavy atom. The van der Waals surface area contributed by atoms with Gasteiger partial charge in [-0.3, -0.25) is 9.69 Å². The smallest absolute Gasteiger partial charge is 0.341 e. The predicted molar refractivity (Wildman–Crippen MR) is 154 cm³/mol. The number of nitrogens with one attached hydrogen (secondary N) is 1. The molecule has 2 atom stereocenters. The zero-order chi connectivity index (χ0) is 29.6. The van der Waals surface area contributed by atoms with Crippen LogP contribution in [0.3, 0.4) is 0 Å². The van der Waals surface area contributed by atoms with Gasteiger partial charge in [-0.2, -0.15) is 0 Å². The first-order valence-electron chi connectivity index (χ1n) is 14.3. The van der Waals surface area contributed by atoms with Gasteiger partial charge in [-0.1, -0.05) is 36.4 Å². The average molecular weight is 579 g/mol. The molecule has 7 nitrogen and oxygen atoms in total. The molecule has 1 aliphatic heterocycles. The number of aliphatic hydroxyl groups is 1. The number of nitrogens with zero attached hydrogens (tertiary/aromatic N) is 1. The number of hydrogen-bond donors (Lipinski definition) is 2. The summed E-state index contributed by atoms with van der Waals surface area (Å²) in [5, 5.41) is 12.1. The van der Waals surface area contributed by atoms with Crippen LogP contribution in [0.1, 0.15) is 40.7 Å². The van der Waals surface area contributed by atoms with Crippen LogP contribution in [0.2, 0.25) is 0 Å². The predicted octanol–water partition coefficient (Wildman–Crippen LogP) is 4.95. The van der Waals surface area contributed by atoms with E-state index >= 15 is 0 Å². The lowest BCUT2D eigenvalue weighted by atomic mass is 9.97. The second-order valence-electron chi connectivity index (χ2n) is 11.1. The number of benzene rings is 3. The second-order valence-corrected chi connectivity index (χ2v) is 11.1. The summed E-state index contributed by atoms with van der Waals surface area (Å²) < 4.78 is 39.8. The normalized spacial score (nSPS) is 18.9. The molecule has 0 aromatic heterocycles. The maximum Gasteiger partial charge on any atom is 0.341 e. The van der Waals surface area contributed by atoms with Crippen molar-refractivity contribution in [3.63, 3.8) is 0 Å². The number of esters is 1. The number of amides is 1. The molecule has 0 radical (unpaired) electrons. The minimum atomic E-state index is -0.842. The number of hydrogen-bond acceptors (Lipinski definition) is 6. The molecular weight excluding hydrogens is 542 g/mol. The number of methoxy groups -OCH3 is 1. The molecule has 42 heavy (non-hydrogen) atoms. The van der Waals surface area contributed by atoms with Gasteiger partial charge in [0.05, 0.1) is 13.7 Å². The lowest BCUT2D eigenvalue weighted by Crippen LogP contribution is -2.34. The van der Waals surface area contributed by atoms with Gasteiger partial charge in [-0.15, -0.1) is 0 Å². The molecule has 0 bridgehead atoms. The monoisotopic (exact) mass is 578 g/mol. The van der Waals surface area contributed by atoms with Crippen molar-refractivity contribution in [1.29, 1.82) is 0 Å². The van der Waals surface area contributed by atoms with E-state index in [-0.39, 0.29) is 47.6 Å². The standard InChI is InChI=1S/C33H36F2N2O5/c1-41-33(40)31-27(3-2-4-29(31)34)23-7-8-24(30(35)16-23)17-36-32(39)28-15-25(28)20-42-26-9-5-21(6-10-26)18-37-13-11-22(19-38)12-14-37/h2-10,16,22,25,28,38H,11-15,17-20H2,1H3,(H,36,39). The van der Waals surface area contributed by atoms with Gasteiger partial charge >= 0.3 is 5.97 Å². The van der Waals surface area contributed by atoms with Crippen LogP contribution in [0.5, 0.6) is 5.75 Å². The van der Waals surface area contributed by atoms with Gasteiger partial charge in [-0.05, 0) is 79.2 Å². The van der Waals surface area contributed by atoms with Crippen LogP contribution < -0.4 is 10.1 Å². The summed E-state index contributed by atoms with van der Waals surface area (Å²) in [5.41, 5.74) is 1.81. The fourth-order valence-corrected chi connectivity index (χ4v) is 5.48. The van der Waals surface area contributed by atoms with E-state index in [1.54, 1.807) is 6.07 Å². The first-order valence-corrected chi connectivity index (χ1v) is 14.3. The van der Waals surface area contributed by atoms with Crippen molar-refractivity contribution in [2.45, 2.75) is 32.4 Å². The first-order chi connectivity index (χ1) is 20.4. The number of aliphatic hydroxyl groups excluding tert-OH is 1. The molecular formula is C33H36F2N2O5. The Hall–Kier alpha value is -3.82. The van der Waals surface area contributed by atoms with Crippen LogP contribution in [-0.4, -0.2) is 55.3 Å². The highest BCUT2D eigenvalue weighted by Gasteiger charge is 2.43. The SMILES string of the molecule is COC(=O)c1c(F)cccc1-c1ccc(CNC(=O)C2CC2COc2ccc(CN3CCC(CO)CC3)cc2)c(F)c1. The van der Waals surface area contributed by atoms with Gasteiger partial charge in [-0.25, -0.2) is 13.6 Å². The van der Waals surface area contributed by atoms with E-state index in [9.17, 15) is 23.5 Å². The Bertz CT molecular complexity index is 1410. The fraction of sp³-hybridized carbons (Fsp3) is 0.394. The molecule has 9 heteroatoms. The van der Waals surface area contributed by atoms with E-state index in [2.05, 4.69) is 27.1 Å². The van der Waals surface area contributed by atoms with Crippen LogP contribution in [0.25, 0.3) is 11.1 Å². The topological polar surface area (TPSA) is 88.1 Å². The van der Waals surface area contributed by atoms with E-state index in [0.717, 1.165) is 51.4 Å². The van der Waals surface area contributed by atoms with Crippen LogP contribution >= 0.6 is 0 Å². The molecule has 2 fully saturated rings. The molecule has 222 valence electrons. The molecule has 1 heterocycles. The van der Waals surface area contributed by atoms with Gasteiger partial charge in [0.2, 0.25) is 5.91 Å². The van der Waals surface area contributed by atoms with Crippen molar-refractivity contribution >= 4 is 11.9 Å². The highest BCUT2D eigenvalue weighted by atomic mass is 19.1. The summed E-state index contributed by atoms with van der Waals surface area (Å²) in [7, 11) is 1.16. The largest absolute Gasteiger partial charge is 0.493 e. The third kappa shape index (κ3) is 7.14. The second kappa shape index (κ2) is 13.4. The summed E-state index contributed by atoms with van der Waals surface area (Å²) in [4.78, 5) is 27.1. The van der Waals surface area contributed by atoms with Gasteiger partial charge in [0.25, 0.3) is 0 Å². The van der Waals surface area contributed by atoms with Crippen molar-refractivity contribution in [2.75, 3.05) is 33.4 Å². The van der Waals surface area contributed by atoms with Gasteiger partial charge < -0.3 is 19.9 Å². The van der Waals surface area contributed by atoms with Crippen molar-refractivity contribution in [3.05, 3.63) is 89.0 Å². The molecule has 1 amide bonds. The van der Waals surface area contributed by atoms with Gasteiger partial charge in [0, 0.05) is 37.1 Å². The Kier molecular flexibility index (Phi) is 9.49. The van der Waals surface area contributed by atoms with Crippen molar-refractivity contribution in [1.82, 2.24) is 10.2 Å². The quantitative estimate of drug-likeness (QED) is 0.313. The molecule has 0 spiro atoms. The number of rotatable bonds is 11. The van der Waals surface area contributed by atoms with E-state index < -0.39 is 17.6 Å². The number of carbonyl (C=O) groups is 2. The molecule has 1 saturated carbocycles. The molecule has 5 rings (SSSR count).